The summed E-state index contributed by atoms with van der Waals surface area (Å²) in [6.45, 7) is 3.84. The number of rotatable bonds is 4. The molecule has 0 unspecified atom stereocenters. The molecule has 0 spiro atoms. The van der Waals surface area contributed by atoms with E-state index in [4.69, 9.17) is 21.1 Å². The Morgan fingerprint density at radius 2 is 1.65 bits per heavy atom. The summed E-state index contributed by atoms with van der Waals surface area (Å²) in [7, 11) is 2.99. The molecule has 0 radical (unpaired) electrons. The van der Waals surface area contributed by atoms with Crippen molar-refractivity contribution in [2.24, 2.45) is 0 Å². The lowest BCUT2D eigenvalue weighted by atomic mass is 9.99. The van der Waals surface area contributed by atoms with Gasteiger partial charge in [-0.3, -0.25) is 9.59 Å². The van der Waals surface area contributed by atoms with E-state index < -0.39 is 11.8 Å². The molecule has 0 atom stereocenters. The van der Waals surface area contributed by atoms with Gasteiger partial charge in [-0.05, 0) is 37.1 Å². The van der Waals surface area contributed by atoms with Gasteiger partial charge >= 0.3 is 0 Å². The molecule has 0 saturated carbocycles. The molecule has 6 heteroatoms. The summed E-state index contributed by atoms with van der Waals surface area (Å²) in [5.41, 5.74) is 3.11. The van der Waals surface area contributed by atoms with E-state index in [0.717, 1.165) is 16.0 Å². The number of ether oxygens (including phenoxy) is 2. The van der Waals surface area contributed by atoms with Crippen LogP contribution >= 0.6 is 11.6 Å². The highest BCUT2D eigenvalue weighted by Crippen LogP contribution is 2.40. The molecule has 2 aromatic rings. The van der Waals surface area contributed by atoms with Gasteiger partial charge < -0.3 is 9.47 Å². The second-order valence-corrected chi connectivity index (χ2v) is 6.37. The van der Waals surface area contributed by atoms with Crippen LogP contribution in [0.15, 0.2) is 41.4 Å². The Kier molecular flexibility index (Phi) is 4.74. The van der Waals surface area contributed by atoms with E-state index in [9.17, 15) is 9.59 Å². The third-order valence-corrected chi connectivity index (χ3v) is 4.66. The third-order valence-electron chi connectivity index (χ3n) is 4.31. The summed E-state index contributed by atoms with van der Waals surface area (Å²) < 4.78 is 10.5. The predicted octanol–water partition coefficient (Wildman–Crippen LogP) is 3.84. The van der Waals surface area contributed by atoms with Crippen LogP contribution in [0, 0.1) is 13.8 Å². The fourth-order valence-electron chi connectivity index (χ4n) is 3.02. The number of amides is 2. The SMILES string of the molecule is COc1ccc(N2C(=O)C(Cl)=C(c3ccc(C)cc3C)C2=O)c(OC)c1. The van der Waals surface area contributed by atoms with Crippen LogP contribution in [-0.2, 0) is 9.59 Å². The van der Waals surface area contributed by atoms with Gasteiger partial charge in [0.15, 0.2) is 0 Å². The van der Waals surface area contributed by atoms with Crippen molar-refractivity contribution in [3.8, 4) is 11.5 Å². The zero-order chi connectivity index (χ0) is 19.0. The number of methoxy groups -OCH3 is 2. The molecular weight excluding hydrogens is 354 g/mol. The summed E-state index contributed by atoms with van der Waals surface area (Å²) in [6, 6.07) is 10.5. The molecule has 0 aromatic heterocycles. The number of benzene rings is 2. The van der Waals surface area contributed by atoms with E-state index in [0.29, 0.717) is 22.7 Å². The van der Waals surface area contributed by atoms with Gasteiger partial charge in [-0.15, -0.1) is 0 Å². The lowest BCUT2D eigenvalue weighted by molar-refractivity contribution is -0.119. The first-order valence-electron chi connectivity index (χ1n) is 7.97. The minimum Gasteiger partial charge on any atom is -0.497 e. The maximum Gasteiger partial charge on any atom is 0.277 e. The normalized spacial score (nSPS) is 14.3. The number of carbonyl (C=O) groups is 2. The molecule has 0 N–H and O–H groups in total. The number of halogens is 1. The second-order valence-electron chi connectivity index (χ2n) is 5.99. The number of aryl methyl sites for hydroxylation is 2. The van der Waals surface area contributed by atoms with E-state index in [1.165, 1.54) is 14.2 Å². The van der Waals surface area contributed by atoms with Crippen LogP contribution < -0.4 is 14.4 Å². The molecule has 2 amide bonds. The highest BCUT2D eigenvalue weighted by Gasteiger charge is 2.40. The van der Waals surface area contributed by atoms with Gasteiger partial charge in [0.05, 0.1) is 25.5 Å². The van der Waals surface area contributed by atoms with Crippen LogP contribution in [0.4, 0.5) is 5.69 Å². The predicted molar refractivity (Wildman–Crippen MR) is 101 cm³/mol. The van der Waals surface area contributed by atoms with Gasteiger partial charge in [-0.1, -0.05) is 35.4 Å². The Labute approximate surface area is 156 Å². The number of anilines is 1. The molecule has 1 aliphatic rings. The van der Waals surface area contributed by atoms with E-state index >= 15 is 0 Å². The maximum atomic E-state index is 13.1. The summed E-state index contributed by atoms with van der Waals surface area (Å²) in [5.74, 6) is -0.152. The molecule has 0 bridgehead atoms. The van der Waals surface area contributed by atoms with Crippen molar-refractivity contribution in [1.82, 2.24) is 0 Å². The Balaban J connectivity index is 2.09. The fraction of sp³-hybridized carbons (Fsp3) is 0.200. The zero-order valence-electron chi connectivity index (χ0n) is 14.9. The summed E-state index contributed by atoms with van der Waals surface area (Å²) in [4.78, 5) is 26.8. The zero-order valence-corrected chi connectivity index (χ0v) is 15.7. The smallest absolute Gasteiger partial charge is 0.277 e. The van der Waals surface area contributed by atoms with E-state index in [1.807, 2.05) is 32.0 Å². The first-order valence-corrected chi connectivity index (χ1v) is 8.35. The highest BCUT2D eigenvalue weighted by atomic mass is 35.5. The monoisotopic (exact) mass is 371 g/mol. The van der Waals surface area contributed by atoms with E-state index in [2.05, 4.69) is 0 Å². The topological polar surface area (TPSA) is 55.8 Å². The number of nitrogens with zero attached hydrogens (tertiary/aromatic N) is 1. The van der Waals surface area contributed by atoms with Crippen molar-refractivity contribution in [3.05, 3.63) is 58.1 Å². The summed E-state index contributed by atoms with van der Waals surface area (Å²) in [6.07, 6.45) is 0. The van der Waals surface area contributed by atoms with Crippen LogP contribution in [0.1, 0.15) is 16.7 Å². The Bertz CT molecular complexity index is 949. The van der Waals surface area contributed by atoms with E-state index in [1.54, 1.807) is 18.2 Å². The number of imide groups is 1. The van der Waals surface area contributed by atoms with Crippen molar-refractivity contribution in [2.75, 3.05) is 19.1 Å². The Morgan fingerprint density at radius 1 is 0.923 bits per heavy atom. The number of hydrogen-bond acceptors (Lipinski definition) is 4. The highest BCUT2D eigenvalue weighted by molar-refractivity contribution is 6.60. The van der Waals surface area contributed by atoms with E-state index in [-0.39, 0.29) is 10.6 Å². The van der Waals surface area contributed by atoms with Crippen molar-refractivity contribution in [3.63, 3.8) is 0 Å². The Morgan fingerprint density at radius 3 is 2.27 bits per heavy atom. The first kappa shape index (κ1) is 18.0. The van der Waals surface area contributed by atoms with Crippen molar-refractivity contribution < 1.29 is 19.1 Å². The molecule has 2 aromatic carbocycles. The van der Waals surface area contributed by atoms with Crippen molar-refractivity contribution >= 4 is 34.7 Å². The van der Waals surface area contributed by atoms with Crippen LogP contribution in [-0.4, -0.2) is 26.0 Å². The molecular formula is C20H18ClNO4. The molecule has 1 aliphatic heterocycles. The molecule has 134 valence electrons. The largest absolute Gasteiger partial charge is 0.497 e. The average molecular weight is 372 g/mol. The first-order chi connectivity index (χ1) is 12.4. The van der Waals surface area contributed by atoms with Gasteiger partial charge in [0, 0.05) is 6.07 Å². The molecule has 5 nitrogen and oxygen atoms in total. The lowest BCUT2D eigenvalue weighted by Gasteiger charge is -2.19. The van der Waals surface area contributed by atoms with Gasteiger partial charge in [0.25, 0.3) is 11.8 Å². The van der Waals surface area contributed by atoms with Gasteiger partial charge in [-0.2, -0.15) is 0 Å². The minimum absolute atomic E-state index is 0.0974. The van der Waals surface area contributed by atoms with Crippen LogP contribution in [0.3, 0.4) is 0 Å². The maximum absolute atomic E-state index is 13.1. The lowest BCUT2D eigenvalue weighted by Crippen LogP contribution is -2.31. The molecule has 0 aliphatic carbocycles. The molecule has 0 saturated heterocycles. The number of carbonyl (C=O) groups excluding carboxylic acids is 2. The van der Waals surface area contributed by atoms with Gasteiger partial charge in [0.1, 0.15) is 16.5 Å². The summed E-state index contributed by atoms with van der Waals surface area (Å²) in [5, 5.41) is -0.0974. The van der Waals surface area contributed by atoms with Crippen LogP contribution in [0.5, 0.6) is 11.5 Å². The molecule has 1 heterocycles. The minimum atomic E-state index is -0.574. The molecule has 3 rings (SSSR count). The summed E-state index contributed by atoms with van der Waals surface area (Å²) >= 11 is 6.27. The van der Waals surface area contributed by atoms with Crippen LogP contribution in [0.25, 0.3) is 5.57 Å². The van der Waals surface area contributed by atoms with Crippen molar-refractivity contribution in [1.29, 1.82) is 0 Å². The third kappa shape index (κ3) is 2.84. The number of hydrogen-bond donors (Lipinski definition) is 0. The molecule has 26 heavy (non-hydrogen) atoms. The van der Waals surface area contributed by atoms with Gasteiger partial charge in [-0.25, -0.2) is 4.90 Å². The average Bonchev–Trinajstić information content (AvgIpc) is 2.84. The molecule has 0 fully saturated rings. The van der Waals surface area contributed by atoms with Crippen molar-refractivity contribution in [2.45, 2.75) is 13.8 Å². The van der Waals surface area contributed by atoms with Crippen LogP contribution in [0.2, 0.25) is 0 Å². The Hall–Kier alpha value is -2.79. The quantitative estimate of drug-likeness (QED) is 0.766. The standard InChI is InChI=1S/C20H18ClNO4/c1-11-5-7-14(12(2)9-11)17-18(21)20(24)22(19(17)23)15-8-6-13(25-3)10-16(15)26-4/h5-10H,1-4H3. The fourth-order valence-corrected chi connectivity index (χ4v) is 3.29. The van der Waals surface area contributed by atoms with Gasteiger partial charge in [0.2, 0.25) is 0 Å². The second kappa shape index (κ2) is 6.84.